The Morgan fingerprint density at radius 3 is 2.56 bits per heavy atom. The van der Waals surface area contributed by atoms with Crippen molar-refractivity contribution >= 4 is 23.2 Å². The van der Waals surface area contributed by atoms with E-state index >= 15 is 0 Å². The van der Waals surface area contributed by atoms with Crippen LogP contribution < -0.4 is 15.4 Å². The van der Waals surface area contributed by atoms with Crippen molar-refractivity contribution in [3.63, 3.8) is 0 Å². The lowest BCUT2D eigenvalue weighted by Crippen LogP contribution is -2.38. The summed E-state index contributed by atoms with van der Waals surface area (Å²) < 4.78 is 52.4. The van der Waals surface area contributed by atoms with Crippen molar-refractivity contribution in [2.45, 2.75) is 44.6 Å². The molecular weight excluding hydrogens is 447 g/mol. The second-order valence-electron chi connectivity index (χ2n) is 8.71. The van der Waals surface area contributed by atoms with Gasteiger partial charge in [0.15, 0.2) is 0 Å². The van der Waals surface area contributed by atoms with Crippen LogP contribution in [0.25, 0.3) is 0 Å². The molecule has 3 atom stereocenters. The molecule has 172 valence electrons. The zero-order valence-corrected chi connectivity index (χ0v) is 18.2. The molecule has 11 heteroatoms. The Bertz CT molecular complexity index is 1040. The number of piperidine rings is 1. The van der Waals surface area contributed by atoms with Crippen LogP contribution in [0.1, 0.15) is 47.8 Å². The summed E-state index contributed by atoms with van der Waals surface area (Å²) in [5.41, 5.74) is 5.93. The Morgan fingerprint density at radius 2 is 1.91 bits per heavy atom. The highest BCUT2D eigenvalue weighted by atomic mass is 35.5. The molecule has 2 aromatic heterocycles. The van der Waals surface area contributed by atoms with E-state index in [1.54, 1.807) is 0 Å². The third-order valence-corrected chi connectivity index (χ3v) is 6.88. The van der Waals surface area contributed by atoms with Gasteiger partial charge in [0.25, 0.3) is 0 Å². The second kappa shape index (κ2) is 7.91. The van der Waals surface area contributed by atoms with Gasteiger partial charge >= 0.3 is 12.2 Å². The first-order valence-electron chi connectivity index (χ1n) is 10.6. The quantitative estimate of drug-likeness (QED) is 0.674. The van der Waals surface area contributed by atoms with Crippen LogP contribution in [0.5, 0.6) is 6.01 Å². The Kier molecular flexibility index (Phi) is 5.32. The van der Waals surface area contributed by atoms with Crippen LogP contribution in [0.2, 0.25) is 5.15 Å². The molecule has 3 unspecified atom stereocenters. The van der Waals surface area contributed by atoms with Gasteiger partial charge in [0, 0.05) is 30.6 Å². The van der Waals surface area contributed by atoms with Crippen molar-refractivity contribution in [3.8, 4) is 6.01 Å². The smallest absolute Gasteiger partial charge is 0.419 e. The molecule has 2 fully saturated rings. The molecule has 0 aromatic carbocycles. The molecule has 3 aliphatic rings. The minimum absolute atomic E-state index is 0.0856. The van der Waals surface area contributed by atoms with E-state index in [1.807, 2.05) is 0 Å². The van der Waals surface area contributed by atoms with Crippen molar-refractivity contribution in [2.75, 3.05) is 30.8 Å². The number of nitrogens with two attached hydrogens (primary N) is 1. The normalized spacial score (nSPS) is 25.0. The molecule has 0 spiro atoms. The molecule has 2 bridgehead atoms. The number of nitrogen functional groups attached to an aromatic ring is 1. The van der Waals surface area contributed by atoms with Crippen molar-refractivity contribution in [2.24, 2.45) is 11.8 Å². The molecule has 5 rings (SSSR count). The Hall–Kier alpha value is -2.33. The minimum Gasteiger partial charge on any atom is -0.467 e. The topological polar surface area (TPSA) is 86.4 Å². The highest BCUT2D eigenvalue weighted by molar-refractivity contribution is 6.30. The summed E-state index contributed by atoms with van der Waals surface area (Å²) in [4.78, 5) is 14.9. The van der Waals surface area contributed by atoms with Gasteiger partial charge in [-0.2, -0.15) is 23.1 Å². The molecule has 0 amide bonds. The monoisotopic (exact) mass is 469 g/mol. The summed E-state index contributed by atoms with van der Waals surface area (Å²) in [6.45, 7) is 1.89. The van der Waals surface area contributed by atoms with Crippen LogP contribution in [-0.2, 0) is 23.9 Å². The van der Waals surface area contributed by atoms with Crippen LogP contribution in [0, 0.1) is 11.8 Å². The standard InChI is InChI=1S/C21H23ClF3N5O2/c1-31-20-27-14-6-15(12-5-16(26)28-18(22)17(12)21(23,24)25)32-9-13(14)19(29-20)30-7-10-2-3-11(4-10)8-30/h5,10-11,15H,2-4,6-9H2,1H3,(H2,26,28). The lowest BCUT2D eigenvalue weighted by Gasteiger charge is -2.36. The van der Waals surface area contributed by atoms with Crippen molar-refractivity contribution in [1.82, 2.24) is 15.0 Å². The number of halogens is 4. The van der Waals surface area contributed by atoms with E-state index in [2.05, 4.69) is 19.9 Å². The van der Waals surface area contributed by atoms with E-state index in [0.29, 0.717) is 17.5 Å². The van der Waals surface area contributed by atoms with Crippen LogP contribution in [0.3, 0.4) is 0 Å². The molecule has 1 saturated carbocycles. The maximum atomic E-state index is 13.7. The lowest BCUT2D eigenvalue weighted by atomic mass is 9.95. The molecule has 32 heavy (non-hydrogen) atoms. The van der Waals surface area contributed by atoms with Gasteiger partial charge in [-0.1, -0.05) is 11.6 Å². The molecule has 4 heterocycles. The molecule has 0 radical (unpaired) electrons. The average Bonchev–Trinajstić information content (AvgIpc) is 3.08. The highest BCUT2D eigenvalue weighted by Crippen LogP contribution is 2.44. The number of anilines is 2. The second-order valence-corrected chi connectivity index (χ2v) is 9.07. The number of fused-ring (bicyclic) bond motifs is 3. The molecule has 2 aromatic rings. The Balaban J connectivity index is 1.52. The summed E-state index contributed by atoms with van der Waals surface area (Å²) in [6.07, 6.45) is -1.83. The number of alkyl halides is 3. The van der Waals surface area contributed by atoms with E-state index < -0.39 is 23.0 Å². The van der Waals surface area contributed by atoms with Gasteiger partial charge in [0.2, 0.25) is 0 Å². The summed E-state index contributed by atoms with van der Waals surface area (Å²) >= 11 is 5.83. The minimum atomic E-state index is -4.70. The molecule has 2 N–H and O–H groups in total. The van der Waals surface area contributed by atoms with Crippen LogP contribution in [-0.4, -0.2) is 35.2 Å². The van der Waals surface area contributed by atoms with E-state index in [0.717, 1.165) is 24.5 Å². The van der Waals surface area contributed by atoms with Crippen molar-refractivity contribution in [3.05, 3.63) is 33.6 Å². The molecule has 1 saturated heterocycles. The maximum absolute atomic E-state index is 13.7. The first kappa shape index (κ1) is 21.5. The van der Waals surface area contributed by atoms with Crippen LogP contribution in [0.15, 0.2) is 6.07 Å². The average molecular weight is 470 g/mol. The number of nitrogens with zero attached hydrogens (tertiary/aromatic N) is 4. The van der Waals surface area contributed by atoms with Gasteiger partial charge in [-0.3, -0.25) is 0 Å². The fraction of sp³-hybridized carbons (Fsp3) is 0.571. The van der Waals surface area contributed by atoms with Gasteiger partial charge in [-0.25, -0.2) is 4.98 Å². The number of pyridine rings is 1. The fourth-order valence-corrected chi connectivity index (χ4v) is 5.56. The number of ether oxygens (including phenoxy) is 2. The van der Waals surface area contributed by atoms with E-state index in [9.17, 15) is 13.2 Å². The number of hydrogen-bond donors (Lipinski definition) is 1. The van der Waals surface area contributed by atoms with E-state index in [-0.39, 0.29) is 30.4 Å². The maximum Gasteiger partial charge on any atom is 0.419 e. The lowest BCUT2D eigenvalue weighted by molar-refractivity contribution is -0.140. The number of hydrogen-bond acceptors (Lipinski definition) is 7. The van der Waals surface area contributed by atoms with E-state index in [1.165, 1.54) is 32.4 Å². The van der Waals surface area contributed by atoms with Gasteiger partial charge in [0.1, 0.15) is 16.8 Å². The summed E-state index contributed by atoms with van der Waals surface area (Å²) in [7, 11) is 1.48. The summed E-state index contributed by atoms with van der Waals surface area (Å²) in [6, 6.07) is 1.37. The summed E-state index contributed by atoms with van der Waals surface area (Å²) in [5, 5.41) is -0.688. The Morgan fingerprint density at radius 1 is 1.19 bits per heavy atom. The predicted molar refractivity (Wildman–Crippen MR) is 112 cm³/mol. The SMILES string of the molecule is COc1nc2c(c(N3CC4CCC(C4)C3)n1)COC(c1cc(N)nc(Cl)c1C(F)(F)F)C2. The third-order valence-electron chi connectivity index (χ3n) is 6.60. The summed E-state index contributed by atoms with van der Waals surface area (Å²) in [5.74, 6) is 1.93. The van der Waals surface area contributed by atoms with Crippen molar-refractivity contribution < 1.29 is 22.6 Å². The molecule has 7 nitrogen and oxygen atoms in total. The Labute approximate surface area is 188 Å². The van der Waals surface area contributed by atoms with Crippen molar-refractivity contribution in [1.29, 1.82) is 0 Å². The van der Waals surface area contributed by atoms with Crippen LogP contribution >= 0.6 is 11.6 Å². The predicted octanol–water partition coefficient (Wildman–Crippen LogP) is 4.18. The zero-order valence-electron chi connectivity index (χ0n) is 17.5. The zero-order chi connectivity index (χ0) is 22.6. The first-order chi connectivity index (χ1) is 15.2. The van der Waals surface area contributed by atoms with Gasteiger partial charge in [-0.05, 0) is 37.2 Å². The number of aromatic nitrogens is 3. The molecular formula is C21H23ClF3N5O2. The fourth-order valence-electron chi connectivity index (χ4n) is 5.25. The van der Waals surface area contributed by atoms with Crippen LogP contribution in [0.4, 0.5) is 24.8 Å². The van der Waals surface area contributed by atoms with Gasteiger partial charge in [0.05, 0.1) is 31.1 Å². The molecule has 2 aliphatic heterocycles. The van der Waals surface area contributed by atoms with Gasteiger partial charge < -0.3 is 20.1 Å². The third kappa shape index (κ3) is 3.83. The van der Waals surface area contributed by atoms with Gasteiger partial charge in [-0.15, -0.1) is 0 Å². The highest BCUT2D eigenvalue weighted by Gasteiger charge is 2.41. The first-order valence-corrected chi connectivity index (χ1v) is 10.9. The van der Waals surface area contributed by atoms with E-state index in [4.69, 9.17) is 26.8 Å². The molecule has 1 aliphatic carbocycles. The number of rotatable bonds is 3. The largest absolute Gasteiger partial charge is 0.467 e. The number of methoxy groups -OCH3 is 1.